The van der Waals surface area contributed by atoms with Gasteiger partial charge in [0.05, 0.1) is 6.10 Å². The molecular weight excluding hydrogens is 244 g/mol. The van der Waals surface area contributed by atoms with Crippen LogP contribution in [0.5, 0.6) is 17.2 Å². The fraction of sp³-hybridized carbons (Fsp3) is 0.200. The van der Waals surface area contributed by atoms with Crippen molar-refractivity contribution in [2.75, 3.05) is 0 Å². The molecule has 2 unspecified atom stereocenters. The number of phenols is 2. The van der Waals surface area contributed by atoms with Crippen LogP contribution in [0, 0.1) is 0 Å². The van der Waals surface area contributed by atoms with E-state index in [0.29, 0.717) is 17.7 Å². The van der Waals surface area contributed by atoms with Crippen molar-refractivity contribution >= 4 is 0 Å². The second-order valence-electron chi connectivity index (χ2n) is 4.67. The van der Waals surface area contributed by atoms with Crippen LogP contribution in [0.25, 0.3) is 0 Å². The zero-order valence-corrected chi connectivity index (χ0v) is 10.2. The normalized spacial score (nSPS) is 21.5. The average Bonchev–Trinajstić information content (AvgIpc) is 2.40. The summed E-state index contributed by atoms with van der Waals surface area (Å²) in [6.45, 7) is 0. The predicted octanol–water partition coefficient (Wildman–Crippen LogP) is 2.66. The van der Waals surface area contributed by atoms with Gasteiger partial charge < -0.3 is 20.1 Å². The van der Waals surface area contributed by atoms with E-state index in [1.54, 1.807) is 30.3 Å². The van der Waals surface area contributed by atoms with Crippen LogP contribution < -0.4 is 4.74 Å². The van der Waals surface area contributed by atoms with Crippen molar-refractivity contribution in [1.82, 2.24) is 0 Å². The van der Waals surface area contributed by atoms with Crippen LogP contribution in [-0.4, -0.2) is 15.3 Å². The van der Waals surface area contributed by atoms with Gasteiger partial charge in [-0.1, -0.05) is 12.1 Å². The first kappa shape index (κ1) is 11.9. The maximum Gasteiger partial charge on any atom is 0.127 e. The van der Waals surface area contributed by atoms with E-state index < -0.39 is 6.10 Å². The van der Waals surface area contributed by atoms with Crippen molar-refractivity contribution in [1.29, 1.82) is 0 Å². The number of phenolic OH excluding ortho intramolecular Hbond substituents is 2. The van der Waals surface area contributed by atoms with Gasteiger partial charge in [-0.3, -0.25) is 0 Å². The minimum Gasteiger partial charge on any atom is -0.508 e. The van der Waals surface area contributed by atoms with E-state index in [1.807, 2.05) is 0 Å². The molecule has 0 spiro atoms. The molecular formula is C15H14O4. The highest BCUT2D eigenvalue weighted by molar-refractivity contribution is 5.43. The maximum atomic E-state index is 10.1. The van der Waals surface area contributed by atoms with E-state index in [1.165, 1.54) is 12.1 Å². The highest BCUT2D eigenvalue weighted by Gasteiger charge is 2.28. The molecule has 4 nitrogen and oxygen atoms in total. The second-order valence-corrected chi connectivity index (χ2v) is 4.67. The lowest BCUT2D eigenvalue weighted by atomic mass is 9.95. The lowest BCUT2D eigenvalue weighted by Gasteiger charge is -2.30. The molecule has 3 N–H and O–H groups in total. The highest BCUT2D eigenvalue weighted by Crippen LogP contribution is 2.42. The number of aromatic hydroxyl groups is 2. The molecule has 0 radical (unpaired) electrons. The standard InChI is InChI=1S/C15H14O4/c16-10-3-1-9(2-4-10)15-8-13(18)12-7-11(17)5-6-14(12)19-15/h1-7,13,15-18H,8H2. The Morgan fingerprint density at radius 3 is 2.37 bits per heavy atom. The van der Waals surface area contributed by atoms with Crippen LogP contribution in [0.1, 0.15) is 29.8 Å². The molecule has 2 aromatic carbocycles. The molecule has 0 fully saturated rings. The summed E-state index contributed by atoms with van der Waals surface area (Å²) in [7, 11) is 0. The van der Waals surface area contributed by atoms with Gasteiger partial charge in [-0.2, -0.15) is 0 Å². The third-order valence-electron chi connectivity index (χ3n) is 3.32. The summed E-state index contributed by atoms with van der Waals surface area (Å²) in [5.41, 5.74) is 1.51. The van der Waals surface area contributed by atoms with Crippen LogP contribution in [-0.2, 0) is 0 Å². The largest absolute Gasteiger partial charge is 0.508 e. The molecule has 0 amide bonds. The lowest BCUT2D eigenvalue weighted by Crippen LogP contribution is -2.18. The number of ether oxygens (including phenoxy) is 1. The number of hydrogen-bond donors (Lipinski definition) is 3. The van der Waals surface area contributed by atoms with Crippen molar-refractivity contribution in [2.24, 2.45) is 0 Å². The van der Waals surface area contributed by atoms with Crippen LogP contribution in [0.3, 0.4) is 0 Å². The van der Waals surface area contributed by atoms with Crippen molar-refractivity contribution < 1.29 is 20.1 Å². The zero-order chi connectivity index (χ0) is 13.4. The van der Waals surface area contributed by atoms with E-state index in [-0.39, 0.29) is 17.6 Å². The fourth-order valence-corrected chi connectivity index (χ4v) is 2.33. The number of rotatable bonds is 1. The Bertz CT molecular complexity index is 592. The molecule has 0 bridgehead atoms. The van der Waals surface area contributed by atoms with Crippen molar-refractivity contribution in [3.8, 4) is 17.2 Å². The van der Waals surface area contributed by atoms with Gasteiger partial charge >= 0.3 is 0 Å². The maximum absolute atomic E-state index is 10.1. The molecule has 0 saturated heterocycles. The Labute approximate surface area is 110 Å². The monoisotopic (exact) mass is 258 g/mol. The molecule has 98 valence electrons. The van der Waals surface area contributed by atoms with Gasteiger partial charge in [0.15, 0.2) is 0 Å². The Kier molecular flexibility index (Phi) is 2.80. The summed E-state index contributed by atoms with van der Waals surface area (Å²) >= 11 is 0. The molecule has 1 aliphatic heterocycles. The Balaban J connectivity index is 1.92. The van der Waals surface area contributed by atoms with Gasteiger partial charge in [0.25, 0.3) is 0 Å². The SMILES string of the molecule is Oc1ccc(C2CC(O)c3cc(O)ccc3O2)cc1. The minimum absolute atomic E-state index is 0.115. The first-order chi connectivity index (χ1) is 9.13. The van der Waals surface area contributed by atoms with Gasteiger partial charge in [-0.15, -0.1) is 0 Å². The van der Waals surface area contributed by atoms with Gasteiger partial charge in [0, 0.05) is 12.0 Å². The van der Waals surface area contributed by atoms with Crippen molar-refractivity contribution in [3.05, 3.63) is 53.6 Å². The minimum atomic E-state index is -0.672. The Morgan fingerprint density at radius 2 is 1.63 bits per heavy atom. The molecule has 1 aliphatic rings. The smallest absolute Gasteiger partial charge is 0.127 e. The summed E-state index contributed by atoms with van der Waals surface area (Å²) in [4.78, 5) is 0. The fourth-order valence-electron chi connectivity index (χ4n) is 2.33. The van der Waals surface area contributed by atoms with Crippen molar-refractivity contribution in [2.45, 2.75) is 18.6 Å². The predicted molar refractivity (Wildman–Crippen MR) is 69.2 cm³/mol. The van der Waals surface area contributed by atoms with Gasteiger partial charge in [0.2, 0.25) is 0 Å². The van der Waals surface area contributed by atoms with Gasteiger partial charge in [-0.25, -0.2) is 0 Å². The molecule has 4 heteroatoms. The lowest BCUT2D eigenvalue weighted by molar-refractivity contribution is 0.0654. The van der Waals surface area contributed by atoms with Crippen LogP contribution in [0.2, 0.25) is 0 Å². The van der Waals surface area contributed by atoms with E-state index in [4.69, 9.17) is 4.74 Å². The third kappa shape index (κ3) is 2.22. The van der Waals surface area contributed by atoms with E-state index >= 15 is 0 Å². The quantitative estimate of drug-likeness (QED) is 0.735. The summed E-state index contributed by atoms with van der Waals surface area (Å²) in [6.07, 6.45) is -0.511. The molecule has 0 aromatic heterocycles. The van der Waals surface area contributed by atoms with Crippen molar-refractivity contribution in [3.63, 3.8) is 0 Å². The van der Waals surface area contributed by atoms with Gasteiger partial charge in [-0.05, 0) is 35.9 Å². The van der Waals surface area contributed by atoms with Crippen LogP contribution in [0.15, 0.2) is 42.5 Å². The summed E-state index contributed by atoms with van der Waals surface area (Å²) in [6, 6.07) is 11.4. The summed E-state index contributed by atoms with van der Waals surface area (Å²) in [5, 5.41) is 28.8. The van der Waals surface area contributed by atoms with E-state index in [0.717, 1.165) is 5.56 Å². The highest BCUT2D eigenvalue weighted by atomic mass is 16.5. The van der Waals surface area contributed by atoms with E-state index in [9.17, 15) is 15.3 Å². The number of fused-ring (bicyclic) bond motifs is 1. The van der Waals surface area contributed by atoms with Crippen LogP contribution in [0.4, 0.5) is 0 Å². The summed E-state index contributed by atoms with van der Waals surface area (Å²) in [5.74, 6) is 0.893. The molecule has 1 heterocycles. The topological polar surface area (TPSA) is 69.9 Å². The molecule has 19 heavy (non-hydrogen) atoms. The first-order valence-electron chi connectivity index (χ1n) is 6.10. The van der Waals surface area contributed by atoms with Gasteiger partial charge in [0.1, 0.15) is 23.4 Å². The molecule has 0 aliphatic carbocycles. The number of aliphatic hydroxyl groups excluding tert-OH is 1. The Hall–Kier alpha value is -2.20. The number of hydrogen-bond acceptors (Lipinski definition) is 4. The first-order valence-corrected chi connectivity index (χ1v) is 6.10. The second kappa shape index (κ2) is 4.48. The average molecular weight is 258 g/mol. The molecule has 2 aromatic rings. The summed E-state index contributed by atoms with van der Waals surface area (Å²) < 4.78 is 5.83. The third-order valence-corrected chi connectivity index (χ3v) is 3.32. The zero-order valence-electron chi connectivity index (χ0n) is 10.2. The Morgan fingerprint density at radius 1 is 0.947 bits per heavy atom. The van der Waals surface area contributed by atoms with E-state index in [2.05, 4.69) is 0 Å². The molecule has 3 rings (SSSR count). The van der Waals surface area contributed by atoms with Crippen LogP contribution >= 0.6 is 0 Å². The number of benzene rings is 2. The number of aliphatic hydroxyl groups is 1. The molecule has 2 atom stereocenters. The molecule has 0 saturated carbocycles.